The lowest BCUT2D eigenvalue weighted by Crippen LogP contribution is -2.24. The van der Waals surface area contributed by atoms with E-state index in [4.69, 9.17) is 11.6 Å². The van der Waals surface area contributed by atoms with Crippen LogP contribution in [-0.2, 0) is 0 Å². The molecule has 5 nitrogen and oxygen atoms in total. The van der Waals surface area contributed by atoms with Gasteiger partial charge in [0.25, 0.3) is 5.69 Å². The van der Waals surface area contributed by atoms with Crippen LogP contribution in [0.15, 0.2) is 12.1 Å². The number of hydrogen-bond acceptors (Lipinski definition) is 4. The maximum Gasteiger partial charge on any atom is 0.294 e. The van der Waals surface area contributed by atoms with Crippen molar-refractivity contribution in [3.63, 3.8) is 0 Å². The van der Waals surface area contributed by atoms with Gasteiger partial charge in [0.15, 0.2) is 0 Å². The molecule has 1 fully saturated rings. The van der Waals surface area contributed by atoms with Crippen molar-refractivity contribution in [2.75, 3.05) is 18.4 Å². The predicted octanol–water partition coefficient (Wildman–Crippen LogP) is 2.55. The molecular weight excluding hydrogens is 261 g/mol. The van der Waals surface area contributed by atoms with Crippen LogP contribution in [-0.4, -0.2) is 24.1 Å². The fourth-order valence-corrected chi connectivity index (χ4v) is 1.75. The zero-order valence-electron chi connectivity index (χ0n) is 9.58. The molecular formula is C11H13ClFN3O2. The van der Waals surface area contributed by atoms with Crippen molar-refractivity contribution in [3.8, 4) is 0 Å². The number of nitro groups is 1. The van der Waals surface area contributed by atoms with Crippen molar-refractivity contribution in [2.45, 2.75) is 18.9 Å². The Labute approximate surface area is 108 Å². The topological polar surface area (TPSA) is 67.2 Å². The third-order valence-corrected chi connectivity index (χ3v) is 2.98. The first-order chi connectivity index (χ1) is 8.58. The standard InChI is InChI=1S/C11H13ClFN3O2/c12-8-5-11(16(17)18)10(6-9(8)13)15-4-3-14-7-1-2-7/h5-7,14-15H,1-4H2. The lowest BCUT2D eigenvalue weighted by molar-refractivity contribution is -0.384. The van der Waals surface area contributed by atoms with Gasteiger partial charge in [-0.2, -0.15) is 0 Å². The summed E-state index contributed by atoms with van der Waals surface area (Å²) in [6, 6.07) is 2.65. The Bertz CT molecular complexity index is 466. The van der Waals surface area contributed by atoms with E-state index in [-0.39, 0.29) is 16.4 Å². The number of nitro benzene ring substituents is 1. The zero-order valence-corrected chi connectivity index (χ0v) is 10.3. The fourth-order valence-electron chi connectivity index (χ4n) is 1.59. The molecule has 0 saturated heterocycles. The van der Waals surface area contributed by atoms with Gasteiger partial charge in [0.2, 0.25) is 0 Å². The van der Waals surface area contributed by atoms with Gasteiger partial charge in [-0.05, 0) is 12.8 Å². The summed E-state index contributed by atoms with van der Waals surface area (Å²) in [6.07, 6.45) is 2.35. The Morgan fingerprint density at radius 1 is 1.44 bits per heavy atom. The maximum atomic E-state index is 13.3. The number of halogens is 2. The first kappa shape index (κ1) is 13.0. The number of benzene rings is 1. The van der Waals surface area contributed by atoms with Gasteiger partial charge in [0.05, 0.1) is 9.95 Å². The van der Waals surface area contributed by atoms with Gasteiger partial charge in [-0.3, -0.25) is 10.1 Å². The molecule has 0 amide bonds. The highest BCUT2D eigenvalue weighted by atomic mass is 35.5. The second-order valence-electron chi connectivity index (χ2n) is 4.20. The average Bonchev–Trinajstić information content (AvgIpc) is 3.12. The minimum absolute atomic E-state index is 0.152. The van der Waals surface area contributed by atoms with Gasteiger partial charge in [-0.15, -0.1) is 0 Å². The van der Waals surface area contributed by atoms with Gasteiger partial charge in [0.1, 0.15) is 11.5 Å². The van der Waals surface area contributed by atoms with Crippen LogP contribution in [0.2, 0.25) is 5.02 Å². The third kappa shape index (κ3) is 3.30. The van der Waals surface area contributed by atoms with E-state index in [2.05, 4.69) is 10.6 Å². The van der Waals surface area contributed by atoms with E-state index >= 15 is 0 Å². The molecule has 7 heteroatoms. The van der Waals surface area contributed by atoms with E-state index in [1.54, 1.807) is 0 Å². The van der Waals surface area contributed by atoms with E-state index in [0.29, 0.717) is 19.1 Å². The average molecular weight is 274 g/mol. The molecule has 0 bridgehead atoms. The third-order valence-electron chi connectivity index (χ3n) is 2.69. The van der Waals surface area contributed by atoms with Gasteiger partial charge in [-0.25, -0.2) is 4.39 Å². The van der Waals surface area contributed by atoms with Crippen LogP contribution in [0.25, 0.3) is 0 Å². The van der Waals surface area contributed by atoms with Crippen LogP contribution in [0, 0.1) is 15.9 Å². The monoisotopic (exact) mass is 273 g/mol. The largest absolute Gasteiger partial charge is 0.378 e. The zero-order chi connectivity index (χ0) is 13.1. The summed E-state index contributed by atoms with van der Waals surface area (Å²) in [4.78, 5) is 10.2. The molecule has 1 aromatic rings. The lowest BCUT2D eigenvalue weighted by atomic mass is 10.2. The molecule has 0 unspecified atom stereocenters. The van der Waals surface area contributed by atoms with Gasteiger partial charge >= 0.3 is 0 Å². The molecule has 0 atom stereocenters. The summed E-state index contributed by atoms with van der Waals surface area (Å²) < 4.78 is 13.3. The molecule has 1 aromatic carbocycles. The Balaban J connectivity index is 1.99. The number of hydrogen-bond donors (Lipinski definition) is 2. The fraction of sp³-hybridized carbons (Fsp3) is 0.455. The number of rotatable bonds is 6. The summed E-state index contributed by atoms with van der Waals surface area (Å²) in [5.41, 5.74) is -0.0627. The molecule has 0 radical (unpaired) electrons. The summed E-state index contributed by atoms with van der Waals surface area (Å²) in [7, 11) is 0. The highest BCUT2D eigenvalue weighted by Crippen LogP contribution is 2.30. The number of anilines is 1. The molecule has 0 aliphatic heterocycles. The molecule has 98 valence electrons. The van der Waals surface area contributed by atoms with Crippen LogP contribution in [0.1, 0.15) is 12.8 Å². The second-order valence-corrected chi connectivity index (χ2v) is 4.60. The van der Waals surface area contributed by atoms with Gasteiger partial charge < -0.3 is 10.6 Å². The molecule has 2 rings (SSSR count). The van der Waals surface area contributed by atoms with Gasteiger partial charge in [0, 0.05) is 31.3 Å². The summed E-state index contributed by atoms with van der Waals surface area (Å²) >= 11 is 5.52. The molecule has 1 saturated carbocycles. The molecule has 1 aliphatic rings. The van der Waals surface area contributed by atoms with Crippen molar-refractivity contribution in [3.05, 3.63) is 33.1 Å². The summed E-state index contributed by atoms with van der Waals surface area (Å²) in [5.74, 6) is -0.667. The number of nitrogens with one attached hydrogen (secondary N) is 2. The Kier molecular flexibility index (Phi) is 3.98. The van der Waals surface area contributed by atoms with Crippen molar-refractivity contribution in [2.24, 2.45) is 0 Å². The highest BCUT2D eigenvalue weighted by Gasteiger charge is 2.20. The molecule has 18 heavy (non-hydrogen) atoms. The van der Waals surface area contributed by atoms with Gasteiger partial charge in [-0.1, -0.05) is 11.6 Å². The Morgan fingerprint density at radius 2 is 2.17 bits per heavy atom. The van der Waals surface area contributed by atoms with Crippen LogP contribution < -0.4 is 10.6 Å². The van der Waals surface area contributed by atoms with E-state index < -0.39 is 10.7 Å². The number of nitrogens with zero attached hydrogens (tertiary/aromatic N) is 1. The van der Waals surface area contributed by atoms with E-state index in [1.807, 2.05) is 0 Å². The van der Waals surface area contributed by atoms with Crippen LogP contribution >= 0.6 is 11.6 Å². The summed E-state index contributed by atoms with van der Waals surface area (Å²) in [6.45, 7) is 1.18. The molecule has 0 heterocycles. The molecule has 1 aliphatic carbocycles. The molecule has 2 N–H and O–H groups in total. The Hall–Kier alpha value is -1.40. The molecule has 0 spiro atoms. The Morgan fingerprint density at radius 3 is 2.78 bits per heavy atom. The van der Waals surface area contributed by atoms with Crippen LogP contribution in [0.5, 0.6) is 0 Å². The lowest BCUT2D eigenvalue weighted by Gasteiger charge is -2.08. The van der Waals surface area contributed by atoms with Crippen molar-refractivity contribution in [1.82, 2.24) is 5.32 Å². The normalized spacial score (nSPS) is 14.6. The quantitative estimate of drug-likeness (QED) is 0.475. The maximum absolute atomic E-state index is 13.3. The highest BCUT2D eigenvalue weighted by molar-refractivity contribution is 6.31. The van der Waals surface area contributed by atoms with Crippen LogP contribution in [0.4, 0.5) is 15.8 Å². The predicted molar refractivity (Wildman–Crippen MR) is 67.6 cm³/mol. The van der Waals surface area contributed by atoms with E-state index in [9.17, 15) is 14.5 Å². The first-order valence-electron chi connectivity index (χ1n) is 5.68. The van der Waals surface area contributed by atoms with Crippen molar-refractivity contribution >= 4 is 23.0 Å². The smallest absolute Gasteiger partial charge is 0.294 e. The SMILES string of the molecule is O=[N+]([O-])c1cc(Cl)c(F)cc1NCCNC1CC1. The first-order valence-corrected chi connectivity index (χ1v) is 6.06. The molecule has 0 aromatic heterocycles. The minimum Gasteiger partial charge on any atom is -0.378 e. The van der Waals surface area contributed by atoms with E-state index in [0.717, 1.165) is 12.1 Å². The van der Waals surface area contributed by atoms with Crippen LogP contribution in [0.3, 0.4) is 0 Å². The minimum atomic E-state index is -0.667. The summed E-state index contributed by atoms with van der Waals surface area (Å²) in [5, 5.41) is 16.7. The van der Waals surface area contributed by atoms with Crippen molar-refractivity contribution < 1.29 is 9.31 Å². The van der Waals surface area contributed by atoms with E-state index in [1.165, 1.54) is 12.8 Å². The second kappa shape index (κ2) is 5.49. The van der Waals surface area contributed by atoms with Crippen molar-refractivity contribution in [1.29, 1.82) is 0 Å².